The minimum atomic E-state index is -0.728. The van der Waals surface area contributed by atoms with Crippen molar-refractivity contribution < 1.29 is 13.9 Å². The average Bonchev–Trinajstić information content (AvgIpc) is 2.03. The van der Waals surface area contributed by atoms with Crippen molar-refractivity contribution in [2.24, 2.45) is 5.73 Å². The van der Waals surface area contributed by atoms with Gasteiger partial charge in [0.15, 0.2) is 11.6 Å². The molecule has 4 nitrogen and oxygen atoms in total. The maximum absolute atomic E-state index is 13.1. The molecule has 0 bridgehead atoms. The molecule has 1 amide bonds. The van der Waals surface area contributed by atoms with Gasteiger partial charge in [-0.1, -0.05) is 0 Å². The van der Waals surface area contributed by atoms with Crippen molar-refractivity contribution in [3.63, 3.8) is 0 Å². The number of methoxy groups -OCH3 is 1. The van der Waals surface area contributed by atoms with E-state index < -0.39 is 11.7 Å². The number of hydrogen-bond donors (Lipinski definition) is 2. The Morgan fingerprint density at radius 1 is 1.54 bits per heavy atom. The second-order valence-electron chi connectivity index (χ2n) is 2.44. The highest BCUT2D eigenvalue weighted by Gasteiger charge is 2.11. The molecule has 1 rings (SSSR count). The van der Waals surface area contributed by atoms with Crippen LogP contribution in [-0.2, 0) is 0 Å². The molecule has 4 N–H and O–H groups in total. The largest absolute Gasteiger partial charge is 0.492 e. The Balaban J connectivity index is 3.28. The van der Waals surface area contributed by atoms with Gasteiger partial charge in [0.05, 0.1) is 12.8 Å². The molecule has 5 heteroatoms. The summed E-state index contributed by atoms with van der Waals surface area (Å²) < 4.78 is 17.7. The molecule has 0 unspecified atom stereocenters. The summed E-state index contributed by atoms with van der Waals surface area (Å²) in [4.78, 5) is 10.7. The van der Waals surface area contributed by atoms with Crippen LogP contribution in [0.15, 0.2) is 12.1 Å². The molecule has 0 fully saturated rings. The molecule has 1 aromatic carbocycles. The molecule has 1 aromatic rings. The van der Waals surface area contributed by atoms with E-state index in [0.717, 1.165) is 6.07 Å². The van der Waals surface area contributed by atoms with Crippen molar-refractivity contribution in [3.8, 4) is 5.75 Å². The number of halogens is 1. The van der Waals surface area contributed by atoms with Crippen LogP contribution in [0.1, 0.15) is 10.4 Å². The van der Waals surface area contributed by atoms with E-state index in [9.17, 15) is 9.18 Å². The first-order chi connectivity index (χ1) is 6.06. The lowest BCUT2D eigenvalue weighted by molar-refractivity contribution is 0.1000. The van der Waals surface area contributed by atoms with Gasteiger partial charge in [-0.2, -0.15) is 0 Å². The molecule has 13 heavy (non-hydrogen) atoms. The number of hydrogen-bond acceptors (Lipinski definition) is 3. The zero-order valence-corrected chi connectivity index (χ0v) is 7.00. The lowest BCUT2D eigenvalue weighted by Gasteiger charge is -2.06. The number of anilines is 1. The third-order valence-electron chi connectivity index (χ3n) is 1.56. The summed E-state index contributed by atoms with van der Waals surface area (Å²) in [5, 5.41) is 0. The first-order valence-electron chi connectivity index (χ1n) is 3.49. The summed E-state index contributed by atoms with van der Waals surface area (Å²) in [5.41, 5.74) is 10.4. The van der Waals surface area contributed by atoms with Crippen molar-refractivity contribution in [1.29, 1.82) is 0 Å². The van der Waals surface area contributed by atoms with Crippen LogP contribution in [0, 0.1) is 5.82 Å². The van der Waals surface area contributed by atoms with E-state index in [1.54, 1.807) is 0 Å². The van der Waals surface area contributed by atoms with Crippen molar-refractivity contribution in [1.82, 2.24) is 0 Å². The molecule has 0 spiro atoms. The van der Waals surface area contributed by atoms with Crippen LogP contribution in [0.4, 0.5) is 10.1 Å². The molecular formula is C8H9FN2O2. The second kappa shape index (κ2) is 3.30. The van der Waals surface area contributed by atoms with E-state index >= 15 is 0 Å². The van der Waals surface area contributed by atoms with Gasteiger partial charge in [-0.05, 0) is 12.1 Å². The van der Waals surface area contributed by atoms with Crippen LogP contribution in [0.25, 0.3) is 0 Å². The maximum Gasteiger partial charge on any atom is 0.248 e. The topological polar surface area (TPSA) is 78.3 Å². The van der Waals surface area contributed by atoms with Gasteiger partial charge in [-0.25, -0.2) is 4.39 Å². The monoisotopic (exact) mass is 184 g/mol. The molecule has 70 valence electrons. The molecular weight excluding hydrogens is 175 g/mol. The highest BCUT2D eigenvalue weighted by molar-refractivity contribution is 5.94. The predicted molar refractivity (Wildman–Crippen MR) is 45.9 cm³/mol. The quantitative estimate of drug-likeness (QED) is 0.657. The third kappa shape index (κ3) is 1.69. The number of primary amides is 1. The van der Waals surface area contributed by atoms with E-state index in [1.165, 1.54) is 13.2 Å². The summed E-state index contributed by atoms with van der Waals surface area (Å²) in [5.74, 6) is -1.51. The van der Waals surface area contributed by atoms with E-state index in [-0.39, 0.29) is 17.0 Å². The Morgan fingerprint density at radius 2 is 2.15 bits per heavy atom. The zero-order chi connectivity index (χ0) is 10.0. The van der Waals surface area contributed by atoms with Crippen molar-refractivity contribution in [3.05, 3.63) is 23.5 Å². The number of carbonyl (C=O) groups excluding carboxylic acids is 1. The Kier molecular flexibility index (Phi) is 2.36. The first-order valence-corrected chi connectivity index (χ1v) is 3.49. The van der Waals surface area contributed by atoms with Crippen LogP contribution < -0.4 is 16.2 Å². The fourth-order valence-electron chi connectivity index (χ4n) is 0.972. The van der Waals surface area contributed by atoms with Gasteiger partial charge >= 0.3 is 0 Å². The average molecular weight is 184 g/mol. The summed E-state index contributed by atoms with van der Waals surface area (Å²) >= 11 is 0. The van der Waals surface area contributed by atoms with Crippen molar-refractivity contribution >= 4 is 11.6 Å². The van der Waals surface area contributed by atoms with Crippen LogP contribution in [-0.4, -0.2) is 13.0 Å². The first kappa shape index (κ1) is 9.31. The Hall–Kier alpha value is -1.78. The molecule has 0 aliphatic heterocycles. The molecule has 0 aliphatic carbocycles. The lowest BCUT2D eigenvalue weighted by Crippen LogP contribution is -2.12. The number of nitrogens with two attached hydrogens (primary N) is 2. The number of rotatable bonds is 2. The van der Waals surface area contributed by atoms with Crippen LogP contribution in [0.2, 0.25) is 0 Å². The van der Waals surface area contributed by atoms with E-state index in [0.29, 0.717) is 0 Å². The molecule has 0 saturated carbocycles. The van der Waals surface area contributed by atoms with E-state index in [1.807, 2.05) is 0 Å². The fourth-order valence-corrected chi connectivity index (χ4v) is 0.972. The zero-order valence-electron chi connectivity index (χ0n) is 7.00. The van der Waals surface area contributed by atoms with Gasteiger partial charge < -0.3 is 16.2 Å². The smallest absolute Gasteiger partial charge is 0.248 e. The number of amides is 1. The van der Waals surface area contributed by atoms with Crippen LogP contribution in [0.5, 0.6) is 5.75 Å². The molecule has 0 aromatic heterocycles. The summed E-state index contributed by atoms with van der Waals surface area (Å²) in [6, 6.07) is 2.25. The number of benzene rings is 1. The summed E-state index contributed by atoms with van der Waals surface area (Å²) in [6.45, 7) is 0. The van der Waals surface area contributed by atoms with E-state index in [2.05, 4.69) is 4.74 Å². The van der Waals surface area contributed by atoms with Crippen molar-refractivity contribution in [2.45, 2.75) is 0 Å². The fraction of sp³-hybridized carbons (Fsp3) is 0.125. The van der Waals surface area contributed by atoms with Gasteiger partial charge in [0.1, 0.15) is 0 Å². The minimum absolute atomic E-state index is 0.0239. The van der Waals surface area contributed by atoms with Crippen LogP contribution in [0.3, 0.4) is 0 Å². The maximum atomic E-state index is 13.1. The summed E-state index contributed by atoms with van der Waals surface area (Å²) in [6.07, 6.45) is 0. The Morgan fingerprint density at radius 3 is 2.54 bits per heavy atom. The molecule has 0 aliphatic rings. The summed E-state index contributed by atoms with van der Waals surface area (Å²) in [7, 11) is 1.29. The normalized spacial score (nSPS) is 9.69. The lowest BCUT2D eigenvalue weighted by atomic mass is 10.1. The Labute approximate surface area is 74.3 Å². The minimum Gasteiger partial charge on any atom is -0.492 e. The van der Waals surface area contributed by atoms with Gasteiger partial charge in [0.25, 0.3) is 0 Å². The molecule has 0 atom stereocenters. The van der Waals surface area contributed by atoms with Gasteiger partial charge in [0, 0.05) is 5.56 Å². The predicted octanol–water partition coefficient (Wildman–Crippen LogP) is 0.515. The number of ether oxygens (including phenoxy) is 1. The van der Waals surface area contributed by atoms with Crippen molar-refractivity contribution in [2.75, 3.05) is 12.8 Å². The number of carbonyl (C=O) groups is 1. The van der Waals surface area contributed by atoms with E-state index in [4.69, 9.17) is 11.5 Å². The van der Waals surface area contributed by atoms with Crippen LogP contribution >= 0.6 is 0 Å². The van der Waals surface area contributed by atoms with Gasteiger partial charge in [-0.15, -0.1) is 0 Å². The standard InChI is InChI=1S/C8H9FN2O2/c1-13-7-5(9)2-4(8(11)12)3-6(7)10/h2-3H,10H2,1H3,(H2,11,12). The Bertz CT molecular complexity index is 329. The third-order valence-corrected chi connectivity index (χ3v) is 1.56. The molecule has 0 radical (unpaired) electrons. The van der Waals surface area contributed by atoms with Gasteiger partial charge in [0.2, 0.25) is 5.91 Å². The SMILES string of the molecule is COc1c(N)cc(C(N)=O)cc1F. The van der Waals surface area contributed by atoms with Gasteiger partial charge in [-0.3, -0.25) is 4.79 Å². The molecule has 0 saturated heterocycles. The highest BCUT2D eigenvalue weighted by atomic mass is 19.1. The molecule has 0 heterocycles. The highest BCUT2D eigenvalue weighted by Crippen LogP contribution is 2.26. The second-order valence-corrected chi connectivity index (χ2v) is 2.44. The number of nitrogen functional groups attached to an aromatic ring is 1.